The lowest BCUT2D eigenvalue weighted by Crippen LogP contribution is -2.40. The number of aldehydes is 1. The Morgan fingerprint density at radius 3 is 2.15 bits per heavy atom. The molecule has 0 aromatic heterocycles. The molecule has 0 radical (unpaired) electrons. The largest absolute Gasteiger partial charge is 0.368 e. The van der Waals surface area contributed by atoms with E-state index in [1.54, 1.807) is 0 Å². The van der Waals surface area contributed by atoms with Gasteiger partial charge in [0.15, 0.2) is 6.29 Å². The zero-order chi connectivity index (χ0) is 9.95. The van der Waals surface area contributed by atoms with Crippen molar-refractivity contribution < 1.29 is 9.53 Å². The van der Waals surface area contributed by atoms with Crippen LogP contribution in [-0.2, 0) is 9.53 Å². The van der Waals surface area contributed by atoms with Crippen molar-refractivity contribution >= 4 is 6.29 Å². The summed E-state index contributed by atoms with van der Waals surface area (Å²) in [5.41, 5.74) is -0.0616. The Kier molecular flexibility index (Phi) is 3.12. The summed E-state index contributed by atoms with van der Waals surface area (Å²) in [6.07, 6.45) is 4.96. The van der Waals surface area contributed by atoms with Crippen LogP contribution in [0.4, 0.5) is 0 Å². The molecule has 1 saturated carbocycles. The molecule has 13 heavy (non-hydrogen) atoms. The Labute approximate surface area is 80.7 Å². The Bertz CT molecular complexity index is 175. The molecule has 1 aliphatic rings. The van der Waals surface area contributed by atoms with Crippen LogP contribution in [0.25, 0.3) is 0 Å². The lowest BCUT2D eigenvalue weighted by molar-refractivity contribution is -0.138. The summed E-state index contributed by atoms with van der Waals surface area (Å²) in [5.74, 6) is 0. The minimum Gasteiger partial charge on any atom is -0.368 e. The normalized spacial score (nSPS) is 25.5. The quantitative estimate of drug-likeness (QED) is 0.630. The van der Waals surface area contributed by atoms with Crippen LogP contribution in [0.5, 0.6) is 0 Å². The number of hydrogen-bond donors (Lipinski definition) is 0. The topological polar surface area (TPSA) is 26.3 Å². The van der Waals surface area contributed by atoms with Crippen molar-refractivity contribution in [3.8, 4) is 0 Å². The van der Waals surface area contributed by atoms with E-state index in [1.807, 2.05) is 6.92 Å². The molecular formula is C11H20O2. The standard InChI is InChI=1S/C11H20O2/c1-4-13-11(9-12)7-5-10(2,3)6-8-11/h9H,4-8H2,1-3H3. The highest BCUT2D eigenvalue weighted by atomic mass is 16.5. The molecule has 0 heterocycles. The van der Waals surface area contributed by atoms with E-state index >= 15 is 0 Å². The zero-order valence-electron chi connectivity index (χ0n) is 8.93. The number of carbonyl (C=O) groups excluding carboxylic acids is 1. The van der Waals surface area contributed by atoms with Gasteiger partial charge in [0, 0.05) is 6.61 Å². The van der Waals surface area contributed by atoms with E-state index in [0.29, 0.717) is 12.0 Å². The van der Waals surface area contributed by atoms with Crippen molar-refractivity contribution in [1.82, 2.24) is 0 Å². The van der Waals surface area contributed by atoms with Gasteiger partial charge in [-0.15, -0.1) is 0 Å². The minimum atomic E-state index is -0.454. The molecule has 0 amide bonds. The second-order valence-corrected chi connectivity index (χ2v) is 4.78. The fourth-order valence-electron chi connectivity index (χ4n) is 1.93. The van der Waals surface area contributed by atoms with Gasteiger partial charge in [0.05, 0.1) is 0 Å². The first-order valence-corrected chi connectivity index (χ1v) is 5.14. The first-order chi connectivity index (χ1) is 6.04. The molecule has 0 spiro atoms. The van der Waals surface area contributed by atoms with Crippen LogP contribution >= 0.6 is 0 Å². The molecule has 0 bridgehead atoms. The second kappa shape index (κ2) is 3.79. The fraction of sp³-hybridized carbons (Fsp3) is 0.909. The number of carbonyl (C=O) groups is 1. The van der Waals surface area contributed by atoms with E-state index in [-0.39, 0.29) is 0 Å². The molecule has 1 aliphatic carbocycles. The van der Waals surface area contributed by atoms with Crippen LogP contribution in [0, 0.1) is 5.41 Å². The van der Waals surface area contributed by atoms with E-state index in [2.05, 4.69) is 13.8 Å². The smallest absolute Gasteiger partial charge is 0.151 e. The van der Waals surface area contributed by atoms with E-state index < -0.39 is 5.60 Å². The maximum atomic E-state index is 11.0. The summed E-state index contributed by atoms with van der Waals surface area (Å²) in [4.78, 5) is 11.0. The molecule has 0 aromatic rings. The van der Waals surface area contributed by atoms with Gasteiger partial charge in [-0.1, -0.05) is 13.8 Å². The maximum absolute atomic E-state index is 11.0. The van der Waals surface area contributed by atoms with Crippen molar-refractivity contribution in [2.45, 2.75) is 52.1 Å². The summed E-state index contributed by atoms with van der Waals surface area (Å²) < 4.78 is 5.54. The summed E-state index contributed by atoms with van der Waals surface area (Å²) in [6.45, 7) is 7.10. The van der Waals surface area contributed by atoms with Crippen LogP contribution in [0.2, 0.25) is 0 Å². The van der Waals surface area contributed by atoms with Gasteiger partial charge in [-0.05, 0) is 38.0 Å². The van der Waals surface area contributed by atoms with Crippen molar-refractivity contribution in [1.29, 1.82) is 0 Å². The third kappa shape index (κ3) is 2.53. The van der Waals surface area contributed by atoms with E-state index in [9.17, 15) is 4.79 Å². The summed E-state index contributed by atoms with van der Waals surface area (Å²) in [6, 6.07) is 0. The van der Waals surface area contributed by atoms with Crippen molar-refractivity contribution in [2.75, 3.05) is 6.61 Å². The highest BCUT2D eigenvalue weighted by Gasteiger charge is 2.38. The summed E-state index contributed by atoms with van der Waals surface area (Å²) in [5, 5.41) is 0. The first-order valence-electron chi connectivity index (χ1n) is 5.14. The van der Waals surface area contributed by atoms with Gasteiger partial charge in [-0.2, -0.15) is 0 Å². The minimum absolute atomic E-state index is 0.392. The van der Waals surface area contributed by atoms with Gasteiger partial charge < -0.3 is 9.53 Å². The van der Waals surface area contributed by atoms with Gasteiger partial charge in [-0.3, -0.25) is 0 Å². The molecule has 0 N–H and O–H groups in total. The Morgan fingerprint density at radius 2 is 1.77 bits per heavy atom. The third-order valence-electron chi connectivity index (χ3n) is 3.10. The summed E-state index contributed by atoms with van der Waals surface area (Å²) >= 11 is 0. The molecule has 0 aliphatic heterocycles. The predicted octanol–water partition coefficient (Wildman–Crippen LogP) is 2.56. The molecule has 1 rings (SSSR count). The van der Waals surface area contributed by atoms with Crippen molar-refractivity contribution in [3.63, 3.8) is 0 Å². The van der Waals surface area contributed by atoms with Crippen LogP contribution in [-0.4, -0.2) is 18.5 Å². The molecule has 76 valence electrons. The van der Waals surface area contributed by atoms with Gasteiger partial charge >= 0.3 is 0 Å². The van der Waals surface area contributed by atoms with Gasteiger partial charge in [0.2, 0.25) is 0 Å². The molecule has 0 unspecified atom stereocenters. The lowest BCUT2D eigenvalue weighted by atomic mass is 9.71. The van der Waals surface area contributed by atoms with E-state index in [4.69, 9.17) is 4.74 Å². The number of hydrogen-bond acceptors (Lipinski definition) is 2. The fourth-order valence-corrected chi connectivity index (χ4v) is 1.93. The van der Waals surface area contributed by atoms with Gasteiger partial charge in [-0.25, -0.2) is 0 Å². The molecule has 1 fully saturated rings. The van der Waals surface area contributed by atoms with Crippen molar-refractivity contribution in [2.24, 2.45) is 5.41 Å². The number of rotatable bonds is 3. The Hall–Kier alpha value is -0.370. The van der Waals surface area contributed by atoms with Gasteiger partial charge in [0.25, 0.3) is 0 Å². The molecular weight excluding hydrogens is 164 g/mol. The highest BCUT2D eigenvalue weighted by Crippen LogP contribution is 2.40. The van der Waals surface area contributed by atoms with Crippen LogP contribution in [0.15, 0.2) is 0 Å². The average molecular weight is 184 g/mol. The van der Waals surface area contributed by atoms with E-state index in [1.165, 1.54) is 0 Å². The Morgan fingerprint density at radius 1 is 1.23 bits per heavy atom. The molecule has 2 nitrogen and oxygen atoms in total. The predicted molar refractivity (Wildman–Crippen MR) is 52.7 cm³/mol. The molecule has 0 atom stereocenters. The lowest BCUT2D eigenvalue weighted by Gasteiger charge is -2.39. The summed E-state index contributed by atoms with van der Waals surface area (Å²) in [7, 11) is 0. The second-order valence-electron chi connectivity index (χ2n) is 4.78. The molecule has 0 saturated heterocycles. The van der Waals surface area contributed by atoms with E-state index in [0.717, 1.165) is 32.0 Å². The molecule has 2 heteroatoms. The van der Waals surface area contributed by atoms with Crippen molar-refractivity contribution in [3.05, 3.63) is 0 Å². The van der Waals surface area contributed by atoms with Crippen LogP contribution < -0.4 is 0 Å². The maximum Gasteiger partial charge on any atom is 0.151 e. The van der Waals surface area contributed by atoms with Crippen LogP contribution in [0.3, 0.4) is 0 Å². The molecule has 0 aromatic carbocycles. The van der Waals surface area contributed by atoms with Crippen LogP contribution in [0.1, 0.15) is 46.5 Å². The third-order valence-corrected chi connectivity index (χ3v) is 3.10. The monoisotopic (exact) mass is 184 g/mol. The average Bonchev–Trinajstić information content (AvgIpc) is 2.10. The van der Waals surface area contributed by atoms with Gasteiger partial charge in [0.1, 0.15) is 5.60 Å². The SMILES string of the molecule is CCOC1(C=O)CCC(C)(C)CC1. The number of ether oxygens (including phenoxy) is 1. The highest BCUT2D eigenvalue weighted by molar-refractivity contribution is 5.62. The first kappa shape index (κ1) is 10.7. The Balaban J connectivity index is 2.57. The zero-order valence-corrected chi connectivity index (χ0v) is 8.93.